The molecule has 10 heteroatoms. The first-order valence-electron chi connectivity index (χ1n) is 13.8. The molecule has 1 saturated carbocycles. The van der Waals surface area contributed by atoms with E-state index in [-0.39, 0.29) is 23.4 Å². The average Bonchev–Trinajstić information content (AvgIpc) is 3.50. The third-order valence-electron chi connectivity index (χ3n) is 7.32. The van der Waals surface area contributed by atoms with Gasteiger partial charge in [-0.1, -0.05) is 61.7 Å². The predicted molar refractivity (Wildman–Crippen MR) is 160 cm³/mol. The minimum absolute atomic E-state index is 0.0187. The standard InChI is InChI=1S/C31H36ClN3O5S/c1-3-29(31(37)33-25-9-7-8-10-25)34(21-23-13-15-24(32)16-14-23)30(36)22-35(26-11-5-4-6-12-26)41(38,39)28-19-17-27(40-2)18-20-28/h4-6,11-20,25,29H,3,7-10,21-22H2,1-2H3,(H,33,37)/t29-/m1/s1. The molecule has 8 nitrogen and oxygen atoms in total. The van der Waals surface area contributed by atoms with E-state index >= 15 is 0 Å². The first-order valence-corrected chi connectivity index (χ1v) is 15.6. The van der Waals surface area contributed by atoms with E-state index in [1.165, 1.54) is 24.1 Å². The van der Waals surface area contributed by atoms with Crippen LogP contribution in [-0.2, 0) is 26.2 Å². The van der Waals surface area contributed by atoms with Gasteiger partial charge in [0.2, 0.25) is 11.8 Å². The van der Waals surface area contributed by atoms with Crippen LogP contribution in [0.25, 0.3) is 0 Å². The van der Waals surface area contributed by atoms with Crippen molar-refractivity contribution in [1.82, 2.24) is 10.2 Å². The van der Waals surface area contributed by atoms with Crippen LogP contribution in [0.3, 0.4) is 0 Å². The zero-order valence-electron chi connectivity index (χ0n) is 23.3. The first kappa shape index (κ1) is 30.4. The summed E-state index contributed by atoms with van der Waals surface area (Å²) in [6.07, 6.45) is 4.31. The molecule has 1 fully saturated rings. The normalized spacial score (nSPS) is 14.3. The van der Waals surface area contributed by atoms with Gasteiger partial charge in [0.25, 0.3) is 10.0 Å². The van der Waals surface area contributed by atoms with Gasteiger partial charge in [0.1, 0.15) is 18.3 Å². The maximum absolute atomic E-state index is 14.1. The summed E-state index contributed by atoms with van der Waals surface area (Å²) in [5.41, 5.74) is 1.12. The van der Waals surface area contributed by atoms with Crippen LogP contribution in [0.1, 0.15) is 44.6 Å². The Balaban J connectivity index is 1.68. The molecule has 4 rings (SSSR count). The van der Waals surface area contributed by atoms with E-state index in [1.54, 1.807) is 66.7 Å². The number of benzene rings is 3. The molecule has 1 aliphatic carbocycles. The third-order valence-corrected chi connectivity index (χ3v) is 9.36. The fraction of sp³-hybridized carbons (Fsp3) is 0.355. The number of rotatable bonds is 12. The molecule has 1 aliphatic rings. The quantitative estimate of drug-likeness (QED) is 0.301. The van der Waals surface area contributed by atoms with Crippen molar-refractivity contribution in [3.05, 3.63) is 89.4 Å². The number of nitrogens with zero attached hydrogens (tertiary/aromatic N) is 2. The highest BCUT2D eigenvalue weighted by Crippen LogP contribution is 2.26. The average molecular weight is 598 g/mol. The van der Waals surface area contributed by atoms with Gasteiger partial charge >= 0.3 is 0 Å². The molecule has 1 N–H and O–H groups in total. The first-order chi connectivity index (χ1) is 19.7. The molecule has 3 aromatic rings. The van der Waals surface area contributed by atoms with Gasteiger partial charge in [0, 0.05) is 17.6 Å². The van der Waals surface area contributed by atoms with Gasteiger partial charge in [-0.05, 0) is 73.4 Å². The summed E-state index contributed by atoms with van der Waals surface area (Å²) >= 11 is 6.08. The second-order valence-electron chi connectivity index (χ2n) is 10.1. The van der Waals surface area contributed by atoms with Gasteiger partial charge in [0.05, 0.1) is 17.7 Å². The number of hydrogen-bond donors (Lipinski definition) is 1. The van der Waals surface area contributed by atoms with Crippen molar-refractivity contribution in [2.24, 2.45) is 0 Å². The van der Waals surface area contributed by atoms with Crippen molar-refractivity contribution >= 4 is 39.1 Å². The van der Waals surface area contributed by atoms with Gasteiger partial charge in [-0.15, -0.1) is 0 Å². The summed E-state index contributed by atoms with van der Waals surface area (Å²) in [4.78, 5) is 29.1. The van der Waals surface area contributed by atoms with Crippen LogP contribution in [-0.4, -0.2) is 50.9 Å². The van der Waals surface area contributed by atoms with Crippen LogP contribution in [0.4, 0.5) is 5.69 Å². The van der Waals surface area contributed by atoms with Crippen molar-refractivity contribution in [1.29, 1.82) is 0 Å². The Morgan fingerprint density at radius 3 is 2.20 bits per heavy atom. The van der Waals surface area contributed by atoms with Crippen LogP contribution < -0.4 is 14.4 Å². The minimum Gasteiger partial charge on any atom is -0.497 e. The molecular weight excluding hydrogens is 562 g/mol. The number of anilines is 1. The topological polar surface area (TPSA) is 96.0 Å². The van der Waals surface area contributed by atoms with E-state index in [4.69, 9.17) is 16.3 Å². The number of carbonyl (C=O) groups excluding carboxylic acids is 2. The lowest BCUT2D eigenvalue weighted by Crippen LogP contribution is -2.53. The molecule has 0 unspecified atom stereocenters. The van der Waals surface area contributed by atoms with Gasteiger partial charge in [-0.25, -0.2) is 8.42 Å². The summed E-state index contributed by atoms with van der Waals surface area (Å²) in [7, 11) is -2.64. The number of sulfonamides is 1. The second-order valence-corrected chi connectivity index (χ2v) is 12.4. The lowest BCUT2D eigenvalue weighted by molar-refractivity contribution is -0.140. The van der Waals surface area contributed by atoms with Crippen LogP contribution in [0, 0.1) is 0 Å². The Kier molecular flexibility index (Phi) is 10.3. The Morgan fingerprint density at radius 1 is 0.976 bits per heavy atom. The second kappa shape index (κ2) is 13.9. The van der Waals surface area contributed by atoms with E-state index < -0.39 is 28.5 Å². The zero-order valence-corrected chi connectivity index (χ0v) is 24.9. The van der Waals surface area contributed by atoms with E-state index in [2.05, 4.69) is 5.32 Å². The predicted octanol–water partition coefficient (Wildman–Crippen LogP) is 5.41. The number of ether oxygens (including phenoxy) is 1. The number of para-hydroxylation sites is 1. The molecule has 0 radical (unpaired) electrons. The van der Waals surface area contributed by atoms with Crippen molar-refractivity contribution in [3.63, 3.8) is 0 Å². The number of amides is 2. The molecule has 0 bridgehead atoms. The number of hydrogen-bond acceptors (Lipinski definition) is 5. The highest BCUT2D eigenvalue weighted by Gasteiger charge is 2.34. The summed E-state index contributed by atoms with van der Waals surface area (Å²) in [5.74, 6) is -0.209. The van der Waals surface area contributed by atoms with Crippen molar-refractivity contribution in [2.75, 3.05) is 18.0 Å². The Bertz CT molecular complexity index is 1410. The lowest BCUT2D eigenvalue weighted by Gasteiger charge is -2.33. The molecule has 0 saturated heterocycles. The summed E-state index contributed by atoms with van der Waals surface area (Å²) in [6.45, 7) is 1.49. The van der Waals surface area contributed by atoms with Gasteiger partial charge < -0.3 is 15.0 Å². The highest BCUT2D eigenvalue weighted by molar-refractivity contribution is 7.92. The van der Waals surface area contributed by atoms with Crippen LogP contribution in [0.5, 0.6) is 5.75 Å². The summed E-state index contributed by atoms with van der Waals surface area (Å²) in [6, 6.07) is 20.9. The van der Waals surface area contributed by atoms with Gasteiger partial charge in [-0.3, -0.25) is 13.9 Å². The maximum atomic E-state index is 14.1. The Hall–Kier alpha value is -3.56. The molecule has 2 amide bonds. The lowest BCUT2D eigenvalue weighted by atomic mass is 10.1. The zero-order chi connectivity index (χ0) is 29.4. The van der Waals surface area contributed by atoms with Crippen LogP contribution in [0.15, 0.2) is 83.8 Å². The van der Waals surface area contributed by atoms with Gasteiger partial charge in [0.15, 0.2) is 0 Å². The summed E-state index contributed by atoms with van der Waals surface area (Å²) < 4.78 is 34.1. The number of carbonyl (C=O) groups is 2. The SMILES string of the molecule is CC[C@H](C(=O)NC1CCCC1)N(Cc1ccc(Cl)cc1)C(=O)CN(c1ccccc1)S(=O)(=O)c1ccc(OC)cc1. The molecule has 3 aromatic carbocycles. The number of nitrogens with one attached hydrogen (secondary N) is 1. The van der Waals surface area contributed by atoms with E-state index in [9.17, 15) is 18.0 Å². The van der Waals surface area contributed by atoms with E-state index in [0.29, 0.717) is 22.9 Å². The minimum atomic E-state index is -4.15. The fourth-order valence-electron chi connectivity index (χ4n) is 5.07. The molecule has 0 heterocycles. The molecule has 1 atom stereocenters. The van der Waals surface area contributed by atoms with Gasteiger partial charge in [-0.2, -0.15) is 0 Å². The van der Waals surface area contributed by atoms with Crippen molar-refractivity contribution < 1.29 is 22.7 Å². The molecule has 218 valence electrons. The Morgan fingerprint density at radius 2 is 1.61 bits per heavy atom. The Labute approximate surface area is 247 Å². The number of methoxy groups -OCH3 is 1. The maximum Gasteiger partial charge on any atom is 0.264 e. The number of halogens is 1. The molecule has 0 spiro atoms. The van der Waals surface area contributed by atoms with Crippen molar-refractivity contribution in [3.8, 4) is 5.75 Å². The monoisotopic (exact) mass is 597 g/mol. The molecule has 41 heavy (non-hydrogen) atoms. The molecular formula is C31H36ClN3O5S. The van der Waals surface area contributed by atoms with Crippen molar-refractivity contribution in [2.45, 2.75) is 62.6 Å². The molecule has 0 aliphatic heterocycles. The van der Waals surface area contributed by atoms with E-state index in [1.807, 2.05) is 6.92 Å². The summed E-state index contributed by atoms with van der Waals surface area (Å²) in [5, 5.41) is 3.67. The highest BCUT2D eigenvalue weighted by atomic mass is 35.5. The van der Waals surface area contributed by atoms with E-state index in [0.717, 1.165) is 35.6 Å². The largest absolute Gasteiger partial charge is 0.497 e. The third kappa shape index (κ3) is 7.59. The van der Waals surface area contributed by atoms with Crippen LogP contribution >= 0.6 is 11.6 Å². The van der Waals surface area contributed by atoms with Crippen LogP contribution in [0.2, 0.25) is 5.02 Å². The molecule has 0 aromatic heterocycles. The smallest absolute Gasteiger partial charge is 0.264 e. The fourth-order valence-corrected chi connectivity index (χ4v) is 6.61.